The predicted molar refractivity (Wildman–Crippen MR) is 90.5 cm³/mol. The van der Waals surface area contributed by atoms with Crippen LogP contribution in [-0.2, 0) is 16.1 Å². The van der Waals surface area contributed by atoms with E-state index >= 15 is 0 Å². The van der Waals surface area contributed by atoms with Gasteiger partial charge in [0.1, 0.15) is 12.1 Å². The van der Waals surface area contributed by atoms with E-state index in [4.69, 9.17) is 0 Å². The minimum Gasteiger partial charge on any atom is -0.354 e. The Balaban J connectivity index is 1.50. The van der Waals surface area contributed by atoms with Gasteiger partial charge in [-0.1, -0.05) is 19.3 Å². The Morgan fingerprint density at radius 2 is 2.04 bits per heavy atom. The summed E-state index contributed by atoms with van der Waals surface area (Å²) in [5, 5.41) is 2.78. The van der Waals surface area contributed by atoms with Gasteiger partial charge in [0, 0.05) is 32.5 Å². The van der Waals surface area contributed by atoms with E-state index in [1.165, 1.54) is 0 Å². The summed E-state index contributed by atoms with van der Waals surface area (Å²) in [5.74, 6) is -0.512. The third-order valence-corrected chi connectivity index (χ3v) is 5.26. The summed E-state index contributed by atoms with van der Waals surface area (Å²) in [6.07, 6.45) is 10.4. The van der Waals surface area contributed by atoms with Gasteiger partial charge in [-0.25, -0.2) is 9.78 Å². The van der Waals surface area contributed by atoms with E-state index < -0.39 is 5.54 Å². The van der Waals surface area contributed by atoms with Gasteiger partial charge >= 0.3 is 6.03 Å². The lowest BCUT2D eigenvalue weighted by molar-refractivity contribution is -0.137. The van der Waals surface area contributed by atoms with Gasteiger partial charge in [0.15, 0.2) is 0 Å². The van der Waals surface area contributed by atoms with Crippen molar-refractivity contribution in [2.45, 2.75) is 50.6 Å². The molecule has 2 heterocycles. The van der Waals surface area contributed by atoms with Crippen molar-refractivity contribution in [1.82, 2.24) is 24.7 Å². The molecule has 1 spiro atoms. The predicted octanol–water partition coefficient (Wildman–Crippen LogP) is 0.986. The van der Waals surface area contributed by atoms with Gasteiger partial charge in [-0.3, -0.25) is 14.5 Å². The lowest BCUT2D eigenvalue weighted by atomic mass is 9.81. The van der Waals surface area contributed by atoms with Crippen LogP contribution in [0.5, 0.6) is 0 Å². The number of nitrogens with zero attached hydrogens (tertiary/aromatic N) is 4. The van der Waals surface area contributed by atoms with Crippen LogP contribution in [0.1, 0.15) is 38.5 Å². The lowest BCUT2D eigenvalue weighted by Gasteiger charge is -2.35. The zero-order valence-electron chi connectivity index (χ0n) is 14.6. The number of hydrogen-bond acceptors (Lipinski definition) is 4. The molecular weight excluding hydrogens is 322 g/mol. The van der Waals surface area contributed by atoms with E-state index in [-0.39, 0.29) is 24.4 Å². The largest absolute Gasteiger partial charge is 0.354 e. The number of amides is 4. The monoisotopic (exact) mass is 347 g/mol. The molecule has 2 aliphatic rings. The maximum absolute atomic E-state index is 12.8. The van der Waals surface area contributed by atoms with Crippen molar-refractivity contribution in [2.75, 3.05) is 20.1 Å². The van der Waals surface area contributed by atoms with Gasteiger partial charge in [-0.15, -0.1) is 0 Å². The van der Waals surface area contributed by atoms with Crippen molar-refractivity contribution in [1.29, 1.82) is 0 Å². The average Bonchev–Trinajstić information content (AvgIpc) is 3.20. The van der Waals surface area contributed by atoms with Crippen LogP contribution in [0.4, 0.5) is 4.79 Å². The fourth-order valence-electron chi connectivity index (χ4n) is 3.78. The van der Waals surface area contributed by atoms with E-state index in [9.17, 15) is 14.4 Å². The Morgan fingerprint density at radius 3 is 2.72 bits per heavy atom. The zero-order valence-corrected chi connectivity index (χ0v) is 14.6. The van der Waals surface area contributed by atoms with Crippen LogP contribution in [0.15, 0.2) is 18.7 Å². The van der Waals surface area contributed by atoms with Gasteiger partial charge in [0.05, 0.1) is 6.33 Å². The quantitative estimate of drug-likeness (QED) is 0.614. The molecule has 1 N–H and O–H groups in total. The smallest absolute Gasteiger partial charge is 0.327 e. The van der Waals surface area contributed by atoms with Gasteiger partial charge in [0.2, 0.25) is 5.91 Å². The number of rotatable bonds is 6. The number of aryl methyl sites for hydroxylation is 1. The van der Waals surface area contributed by atoms with E-state index in [0.29, 0.717) is 19.4 Å². The number of carbonyl (C=O) groups is 3. The number of aromatic nitrogens is 2. The highest BCUT2D eigenvalue weighted by molar-refractivity contribution is 6.08. The highest BCUT2D eigenvalue weighted by Gasteiger charge is 2.55. The van der Waals surface area contributed by atoms with Crippen LogP contribution in [0, 0.1) is 0 Å². The molecule has 1 aliphatic carbocycles. The van der Waals surface area contributed by atoms with Crippen molar-refractivity contribution in [3.05, 3.63) is 18.7 Å². The van der Waals surface area contributed by atoms with Gasteiger partial charge < -0.3 is 14.8 Å². The Labute approximate surface area is 147 Å². The Hall–Kier alpha value is -2.38. The number of imide groups is 1. The molecule has 1 aliphatic heterocycles. The van der Waals surface area contributed by atoms with E-state index in [1.54, 1.807) is 24.5 Å². The summed E-state index contributed by atoms with van der Waals surface area (Å²) < 4.78 is 1.93. The molecule has 1 saturated heterocycles. The number of likely N-dealkylation sites (N-methyl/N-ethyl adjacent to an activating group) is 1. The summed E-state index contributed by atoms with van der Waals surface area (Å²) in [6.45, 7) is 1.05. The third-order valence-electron chi connectivity index (χ3n) is 5.26. The number of hydrogen-bond donors (Lipinski definition) is 1. The molecule has 3 rings (SSSR count). The first kappa shape index (κ1) is 17.4. The van der Waals surface area contributed by atoms with Gasteiger partial charge in [0.25, 0.3) is 5.91 Å². The Morgan fingerprint density at radius 1 is 1.28 bits per heavy atom. The summed E-state index contributed by atoms with van der Waals surface area (Å²) in [6, 6.07) is -0.361. The maximum Gasteiger partial charge on any atom is 0.327 e. The lowest BCUT2D eigenvalue weighted by Crippen LogP contribution is -2.49. The number of carbonyl (C=O) groups excluding carboxylic acids is 3. The molecule has 0 aromatic carbocycles. The summed E-state index contributed by atoms with van der Waals surface area (Å²) in [5.41, 5.74) is -0.725. The van der Waals surface area contributed by atoms with Crippen molar-refractivity contribution >= 4 is 17.8 Å². The molecule has 0 atom stereocenters. The fraction of sp³-hybridized carbons (Fsp3) is 0.647. The standard InChI is InChI=1S/C17H25N5O3/c1-20-16(25)22(15(24)17(20)6-3-2-4-7-17)12-14(23)19-8-5-10-21-11-9-18-13-21/h9,11,13H,2-8,10,12H2,1H3,(H,19,23). The fourth-order valence-corrected chi connectivity index (χ4v) is 3.78. The molecule has 4 amide bonds. The molecule has 1 saturated carbocycles. The number of nitrogens with one attached hydrogen (secondary N) is 1. The average molecular weight is 347 g/mol. The van der Waals surface area contributed by atoms with Crippen LogP contribution in [-0.4, -0.2) is 62.9 Å². The minimum absolute atomic E-state index is 0.200. The summed E-state index contributed by atoms with van der Waals surface area (Å²) in [7, 11) is 1.68. The molecular formula is C17H25N5O3. The van der Waals surface area contributed by atoms with E-state index in [2.05, 4.69) is 10.3 Å². The van der Waals surface area contributed by atoms with E-state index in [0.717, 1.165) is 37.1 Å². The summed E-state index contributed by atoms with van der Waals surface area (Å²) in [4.78, 5) is 44.0. The molecule has 136 valence electrons. The highest BCUT2D eigenvalue weighted by Crippen LogP contribution is 2.39. The van der Waals surface area contributed by atoms with E-state index in [1.807, 2.05) is 10.8 Å². The van der Waals surface area contributed by atoms with Gasteiger partial charge in [-0.2, -0.15) is 0 Å². The maximum atomic E-state index is 12.8. The Kier molecular flexibility index (Phi) is 5.06. The normalized spacial score (nSPS) is 19.7. The van der Waals surface area contributed by atoms with Crippen LogP contribution in [0.2, 0.25) is 0 Å². The molecule has 0 bridgehead atoms. The Bertz CT molecular complexity index is 637. The second kappa shape index (κ2) is 7.25. The van der Waals surface area contributed by atoms with Crippen molar-refractivity contribution in [2.24, 2.45) is 0 Å². The molecule has 1 aromatic rings. The molecule has 8 heteroatoms. The molecule has 1 aromatic heterocycles. The van der Waals surface area contributed by atoms with Crippen LogP contribution in [0.3, 0.4) is 0 Å². The summed E-state index contributed by atoms with van der Waals surface area (Å²) >= 11 is 0. The number of imidazole rings is 1. The molecule has 0 unspecified atom stereocenters. The topological polar surface area (TPSA) is 87.5 Å². The second-order valence-corrected chi connectivity index (χ2v) is 6.83. The molecule has 25 heavy (non-hydrogen) atoms. The molecule has 0 radical (unpaired) electrons. The third kappa shape index (κ3) is 3.38. The molecule has 2 fully saturated rings. The zero-order chi connectivity index (χ0) is 17.9. The van der Waals surface area contributed by atoms with Gasteiger partial charge in [-0.05, 0) is 19.3 Å². The van der Waals surface area contributed by atoms with Crippen molar-refractivity contribution < 1.29 is 14.4 Å². The second-order valence-electron chi connectivity index (χ2n) is 6.83. The van der Waals surface area contributed by atoms with Crippen molar-refractivity contribution in [3.8, 4) is 0 Å². The highest BCUT2D eigenvalue weighted by atomic mass is 16.2. The first-order chi connectivity index (χ1) is 12.0. The first-order valence-electron chi connectivity index (χ1n) is 8.87. The number of urea groups is 1. The van der Waals surface area contributed by atoms with Crippen LogP contribution >= 0.6 is 0 Å². The SMILES string of the molecule is CN1C(=O)N(CC(=O)NCCCn2ccnc2)C(=O)C12CCCCC2. The van der Waals surface area contributed by atoms with Crippen molar-refractivity contribution in [3.63, 3.8) is 0 Å². The molecule has 8 nitrogen and oxygen atoms in total. The minimum atomic E-state index is -0.725. The van der Waals surface area contributed by atoms with Crippen LogP contribution < -0.4 is 5.32 Å². The first-order valence-corrected chi connectivity index (χ1v) is 8.87. The van der Waals surface area contributed by atoms with Crippen LogP contribution in [0.25, 0.3) is 0 Å².